The molecular weight excluding hydrogens is 324 g/mol. The van der Waals surface area contributed by atoms with Crippen LogP contribution in [-0.2, 0) is 0 Å². The van der Waals surface area contributed by atoms with E-state index in [1.54, 1.807) is 12.1 Å². The summed E-state index contributed by atoms with van der Waals surface area (Å²) in [6, 6.07) is 15.0. The largest absolute Gasteiger partial charge is 0.494 e. The number of ether oxygens (including phenoxy) is 1. The number of para-hydroxylation sites is 1. The van der Waals surface area contributed by atoms with Crippen LogP contribution in [0.3, 0.4) is 0 Å². The predicted molar refractivity (Wildman–Crippen MR) is 94.3 cm³/mol. The first-order chi connectivity index (χ1) is 12.1. The molecule has 0 saturated heterocycles. The molecule has 0 bridgehead atoms. The van der Waals surface area contributed by atoms with E-state index >= 15 is 0 Å². The highest BCUT2D eigenvalue weighted by Gasteiger charge is 2.14. The van der Waals surface area contributed by atoms with E-state index in [1.165, 1.54) is 0 Å². The second-order valence-corrected chi connectivity index (χ2v) is 5.69. The van der Waals surface area contributed by atoms with Crippen molar-refractivity contribution in [3.05, 3.63) is 59.9 Å². The molecule has 25 heavy (non-hydrogen) atoms. The molecule has 0 fully saturated rings. The summed E-state index contributed by atoms with van der Waals surface area (Å²) in [5.74, 6) is 0.793. The summed E-state index contributed by atoms with van der Waals surface area (Å²) < 4.78 is 31.6. The predicted octanol–water partition coefficient (Wildman–Crippen LogP) is 4.76. The molecule has 130 valence electrons. The van der Waals surface area contributed by atoms with Crippen LogP contribution in [0.2, 0.25) is 0 Å². The van der Waals surface area contributed by atoms with Crippen LogP contribution < -0.4 is 10.1 Å². The molecule has 0 spiro atoms. The highest BCUT2D eigenvalue weighted by atomic mass is 19.3. The van der Waals surface area contributed by atoms with Gasteiger partial charge in [-0.2, -0.15) is 0 Å². The first-order valence-corrected chi connectivity index (χ1v) is 8.11. The van der Waals surface area contributed by atoms with E-state index in [4.69, 9.17) is 4.74 Å². The van der Waals surface area contributed by atoms with E-state index in [-0.39, 0.29) is 0 Å². The molecule has 1 N–H and O–H groups in total. The van der Waals surface area contributed by atoms with E-state index in [0.29, 0.717) is 24.5 Å². The fourth-order valence-electron chi connectivity index (χ4n) is 2.50. The van der Waals surface area contributed by atoms with E-state index in [9.17, 15) is 8.78 Å². The molecule has 1 heterocycles. The SMILES string of the molecule is Cc1cccc(OCCCNc2nc(C(F)F)nc3ccccc23)c1. The van der Waals surface area contributed by atoms with Gasteiger partial charge in [-0.3, -0.25) is 0 Å². The third-order valence-corrected chi connectivity index (χ3v) is 3.69. The monoisotopic (exact) mass is 343 g/mol. The Morgan fingerprint density at radius 1 is 1.08 bits per heavy atom. The third kappa shape index (κ3) is 4.41. The second kappa shape index (κ2) is 7.88. The number of benzene rings is 2. The summed E-state index contributed by atoms with van der Waals surface area (Å²) in [5.41, 5.74) is 1.65. The molecule has 0 amide bonds. The van der Waals surface area contributed by atoms with Gasteiger partial charge >= 0.3 is 0 Å². The highest BCUT2D eigenvalue weighted by Crippen LogP contribution is 2.24. The van der Waals surface area contributed by atoms with Crippen molar-refractivity contribution in [2.45, 2.75) is 19.8 Å². The molecule has 0 aliphatic carbocycles. The minimum Gasteiger partial charge on any atom is -0.494 e. The van der Waals surface area contributed by atoms with E-state index in [2.05, 4.69) is 15.3 Å². The number of rotatable bonds is 7. The highest BCUT2D eigenvalue weighted by molar-refractivity contribution is 5.88. The van der Waals surface area contributed by atoms with Gasteiger partial charge in [0.2, 0.25) is 0 Å². The van der Waals surface area contributed by atoms with Gasteiger partial charge in [0.1, 0.15) is 11.6 Å². The molecule has 0 unspecified atom stereocenters. The first kappa shape index (κ1) is 17.1. The lowest BCUT2D eigenvalue weighted by Crippen LogP contribution is -2.10. The van der Waals surface area contributed by atoms with E-state index in [1.807, 2.05) is 43.3 Å². The zero-order valence-corrected chi connectivity index (χ0v) is 13.9. The van der Waals surface area contributed by atoms with Gasteiger partial charge < -0.3 is 10.1 Å². The molecule has 3 aromatic rings. The lowest BCUT2D eigenvalue weighted by atomic mass is 10.2. The molecule has 0 saturated carbocycles. The molecule has 0 atom stereocenters. The number of halogens is 2. The van der Waals surface area contributed by atoms with Gasteiger partial charge in [0, 0.05) is 11.9 Å². The average molecular weight is 343 g/mol. The summed E-state index contributed by atoms with van der Waals surface area (Å²) in [6.07, 6.45) is -1.98. The zero-order chi connectivity index (χ0) is 17.6. The number of hydrogen-bond donors (Lipinski definition) is 1. The number of aryl methyl sites for hydroxylation is 1. The van der Waals surface area contributed by atoms with Crippen LogP contribution in [0.4, 0.5) is 14.6 Å². The van der Waals surface area contributed by atoms with Crippen molar-refractivity contribution in [1.82, 2.24) is 9.97 Å². The van der Waals surface area contributed by atoms with Gasteiger partial charge in [0.15, 0.2) is 5.82 Å². The van der Waals surface area contributed by atoms with Gasteiger partial charge in [-0.05, 0) is 43.2 Å². The maximum atomic E-state index is 13.0. The molecule has 4 nitrogen and oxygen atoms in total. The Hall–Kier alpha value is -2.76. The first-order valence-electron chi connectivity index (χ1n) is 8.11. The maximum Gasteiger partial charge on any atom is 0.297 e. The number of nitrogens with zero attached hydrogens (tertiary/aromatic N) is 2. The van der Waals surface area contributed by atoms with E-state index in [0.717, 1.165) is 23.1 Å². The van der Waals surface area contributed by atoms with Gasteiger partial charge in [0.25, 0.3) is 6.43 Å². The minimum absolute atomic E-state index is 0.427. The molecule has 2 aromatic carbocycles. The Morgan fingerprint density at radius 2 is 1.92 bits per heavy atom. The zero-order valence-electron chi connectivity index (χ0n) is 13.9. The van der Waals surface area contributed by atoms with Gasteiger partial charge in [-0.25, -0.2) is 18.7 Å². The standard InChI is InChI=1S/C19H19F2N3O/c1-13-6-4-7-14(12-13)25-11-5-10-22-18-15-8-2-3-9-16(15)23-19(24-18)17(20)21/h2-4,6-9,12,17H,5,10-11H2,1H3,(H,22,23,24). The Kier molecular flexibility index (Phi) is 5.38. The normalized spacial score (nSPS) is 11.0. The number of fused-ring (bicyclic) bond motifs is 1. The molecule has 3 rings (SSSR count). The quantitative estimate of drug-likeness (QED) is 0.629. The molecule has 0 aliphatic rings. The minimum atomic E-state index is -2.70. The lowest BCUT2D eigenvalue weighted by molar-refractivity contribution is 0.141. The number of alkyl halides is 2. The fourth-order valence-corrected chi connectivity index (χ4v) is 2.50. The maximum absolute atomic E-state index is 13.0. The van der Waals surface area contributed by atoms with Crippen molar-refractivity contribution in [1.29, 1.82) is 0 Å². The van der Waals surface area contributed by atoms with Gasteiger partial charge in [-0.1, -0.05) is 24.3 Å². The number of nitrogens with one attached hydrogen (secondary N) is 1. The molecule has 0 radical (unpaired) electrons. The van der Waals surface area contributed by atoms with Crippen molar-refractivity contribution in [3.63, 3.8) is 0 Å². The average Bonchev–Trinajstić information content (AvgIpc) is 2.61. The van der Waals surface area contributed by atoms with Crippen LogP contribution in [-0.4, -0.2) is 23.1 Å². The van der Waals surface area contributed by atoms with Crippen LogP contribution >= 0.6 is 0 Å². The van der Waals surface area contributed by atoms with Crippen LogP contribution in [0.5, 0.6) is 5.75 Å². The smallest absolute Gasteiger partial charge is 0.297 e. The van der Waals surface area contributed by atoms with Crippen molar-refractivity contribution in [3.8, 4) is 5.75 Å². The van der Waals surface area contributed by atoms with Crippen LogP contribution in [0, 0.1) is 6.92 Å². The van der Waals surface area contributed by atoms with Crippen molar-refractivity contribution in [2.75, 3.05) is 18.5 Å². The molecule has 1 aromatic heterocycles. The summed E-state index contributed by atoms with van der Waals surface area (Å²) in [5, 5.41) is 3.84. The van der Waals surface area contributed by atoms with E-state index < -0.39 is 12.2 Å². The van der Waals surface area contributed by atoms with Crippen LogP contribution in [0.25, 0.3) is 10.9 Å². The summed E-state index contributed by atoms with van der Waals surface area (Å²) in [6.45, 7) is 3.10. The van der Waals surface area contributed by atoms with Gasteiger partial charge in [-0.15, -0.1) is 0 Å². The summed E-state index contributed by atoms with van der Waals surface area (Å²) in [4.78, 5) is 7.86. The van der Waals surface area contributed by atoms with Crippen molar-refractivity contribution < 1.29 is 13.5 Å². The Morgan fingerprint density at radius 3 is 2.72 bits per heavy atom. The molecule has 6 heteroatoms. The Balaban J connectivity index is 1.61. The third-order valence-electron chi connectivity index (χ3n) is 3.69. The molecular formula is C19H19F2N3O. The number of anilines is 1. The molecule has 0 aliphatic heterocycles. The summed E-state index contributed by atoms with van der Waals surface area (Å²) >= 11 is 0. The number of aromatic nitrogens is 2. The van der Waals surface area contributed by atoms with Crippen molar-refractivity contribution in [2.24, 2.45) is 0 Å². The van der Waals surface area contributed by atoms with Crippen LogP contribution in [0.15, 0.2) is 48.5 Å². The Labute approximate surface area is 144 Å². The van der Waals surface area contributed by atoms with Crippen molar-refractivity contribution >= 4 is 16.7 Å². The van der Waals surface area contributed by atoms with Gasteiger partial charge in [0.05, 0.1) is 12.1 Å². The Bertz CT molecular complexity index is 855. The lowest BCUT2D eigenvalue weighted by Gasteiger charge is -2.11. The second-order valence-electron chi connectivity index (χ2n) is 5.69. The topological polar surface area (TPSA) is 47.0 Å². The summed E-state index contributed by atoms with van der Waals surface area (Å²) in [7, 11) is 0. The fraction of sp³-hybridized carbons (Fsp3) is 0.263. The van der Waals surface area contributed by atoms with Crippen LogP contribution in [0.1, 0.15) is 24.2 Å². The number of hydrogen-bond acceptors (Lipinski definition) is 4.